The molecule has 4 nitrogen and oxygen atoms in total. The summed E-state index contributed by atoms with van der Waals surface area (Å²) in [4.78, 5) is 22.5. The van der Waals surface area contributed by atoms with Crippen LogP contribution in [0.3, 0.4) is 0 Å². The number of allylic oxidation sites excluding steroid dienone is 4. The summed E-state index contributed by atoms with van der Waals surface area (Å²) in [7, 11) is 0. The van der Waals surface area contributed by atoms with Gasteiger partial charge in [0, 0.05) is 12.8 Å². The van der Waals surface area contributed by atoms with Gasteiger partial charge < -0.3 is 9.84 Å². The molecule has 0 aliphatic rings. The normalized spacial score (nSPS) is 11.7. The van der Waals surface area contributed by atoms with E-state index >= 15 is 0 Å². The first kappa shape index (κ1) is 52.4. The first-order valence-corrected chi connectivity index (χ1v) is 24.3. The number of carbonyl (C=O) groups excluding carboxylic acids is 1. The Labute approximate surface area is 337 Å². The van der Waals surface area contributed by atoms with Crippen LogP contribution in [0.5, 0.6) is 0 Å². The molecule has 1 N–H and O–H groups in total. The molecule has 0 rings (SSSR count). The van der Waals surface area contributed by atoms with Crippen LogP contribution in [0.25, 0.3) is 0 Å². The van der Waals surface area contributed by atoms with Crippen LogP contribution in [0.2, 0.25) is 0 Å². The van der Waals surface area contributed by atoms with Gasteiger partial charge in [-0.3, -0.25) is 9.59 Å². The van der Waals surface area contributed by atoms with Gasteiger partial charge in [-0.25, -0.2) is 0 Å². The monoisotopic (exact) mass is 759 g/mol. The zero-order chi connectivity index (χ0) is 39.1. The van der Waals surface area contributed by atoms with Crippen molar-refractivity contribution in [2.24, 2.45) is 0 Å². The van der Waals surface area contributed by atoms with Crippen LogP contribution in [0.15, 0.2) is 24.3 Å². The largest absolute Gasteiger partial charge is 0.481 e. The lowest BCUT2D eigenvalue weighted by atomic mass is 10.0. The Hall–Kier alpha value is -1.58. The van der Waals surface area contributed by atoms with Crippen molar-refractivity contribution in [3.8, 4) is 0 Å². The van der Waals surface area contributed by atoms with E-state index in [1.54, 1.807) is 0 Å². The molecule has 0 aromatic rings. The summed E-state index contributed by atoms with van der Waals surface area (Å²) in [6.07, 6.45) is 62.5. The second kappa shape index (κ2) is 47.6. The second-order valence-electron chi connectivity index (χ2n) is 16.6. The Morgan fingerprint density at radius 1 is 0.370 bits per heavy atom. The third-order valence-corrected chi connectivity index (χ3v) is 11.1. The number of carbonyl (C=O) groups is 2. The molecule has 0 aromatic heterocycles. The van der Waals surface area contributed by atoms with Crippen molar-refractivity contribution in [2.75, 3.05) is 6.61 Å². The number of aliphatic carboxylic acids is 1. The van der Waals surface area contributed by atoms with Gasteiger partial charge in [0.25, 0.3) is 0 Å². The summed E-state index contributed by atoms with van der Waals surface area (Å²) in [5.74, 6) is -0.646. The lowest BCUT2D eigenvalue weighted by Crippen LogP contribution is -2.05. The molecule has 0 saturated carbocycles. The summed E-state index contributed by atoms with van der Waals surface area (Å²) in [6.45, 7) is 2.87. The molecule has 0 unspecified atom stereocenters. The molecule has 0 radical (unpaired) electrons. The molecule has 0 amide bonds. The van der Waals surface area contributed by atoms with Crippen molar-refractivity contribution in [3.63, 3.8) is 0 Å². The molecule has 0 heterocycles. The summed E-state index contributed by atoms with van der Waals surface area (Å²) >= 11 is 0. The van der Waals surface area contributed by atoms with Crippen LogP contribution in [0.4, 0.5) is 0 Å². The van der Waals surface area contributed by atoms with Crippen molar-refractivity contribution >= 4 is 11.9 Å². The number of unbranched alkanes of at least 4 members (excludes halogenated alkanes) is 36. The van der Waals surface area contributed by atoms with Crippen molar-refractivity contribution < 1.29 is 19.4 Å². The highest BCUT2D eigenvalue weighted by Crippen LogP contribution is 2.17. The van der Waals surface area contributed by atoms with Gasteiger partial charge in [0.1, 0.15) is 0 Å². The van der Waals surface area contributed by atoms with Gasteiger partial charge in [0.05, 0.1) is 6.61 Å². The maximum absolute atomic E-state index is 12.0. The molecule has 0 bridgehead atoms. The van der Waals surface area contributed by atoms with E-state index in [1.807, 2.05) is 0 Å². The van der Waals surface area contributed by atoms with E-state index in [-0.39, 0.29) is 5.97 Å². The molecule has 0 aromatic carbocycles. The molecule has 0 saturated heterocycles. The third kappa shape index (κ3) is 48.4. The first-order valence-electron chi connectivity index (χ1n) is 24.3. The maximum atomic E-state index is 12.0. The van der Waals surface area contributed by atoms with Crippen molar-refractivity contribution in [3.05, 3.63) is 24.3 Å². The van der Waals surface area contributed by atoms with Crippen LogP contribution < -0.4 is 0 Å². The quantitative estimate of drug-likeness (QED) is 0.0381. The molecule has 4 heteroatoms. The molecule has 0 fully saturated rings. The topological polar surface area (TPSA) is 63.6 Å². The first-order chi connectivity index (χ1) is 26.7. The van der Waals surface area contributed by atoms with E-state index in [4.69, 9.17) is 9.84 Å². The number of carboxylic acid groups (broad SMARTS) is 1. The highest BCUT2D eigenvalue weighted by atomic mass is 16.5. The minimum Gasteiger partial charge on any atom is -0.481 e. The lowest BCUT2D eigenvalue weighted by molar-refractivity contribution is -0.144. The smallest absolute Gasteiger partial charge is 0.305 e. The average molecular weight is 759 g/mol. The fourth-order valence-corrected chi connectivity index (χ4v) is 7.49. The van der Waals surface area contributed by atoms with Gasteiger partial charge in [0.2, 0.25) is 0 Å². The molecular formula is C50H94O4. The molecular weight excluding hydrogens is 665 g/mol. The van der Waals surface area contributed by atoms with E-state index in [1.165, 1.54) is 218 Å². The molecule has 318 valence electrons. The molecule has 0 spiro atoms. The highest BCUT2D eigenvalue weighted by Gasteiger charge is 2.03. The van der Waals surface area contributed by atoms with Crippen molar-refractivity contribution in [1.82, 2.24) is 0 Å². The maximum Gasteiger partial charge on any atom is 0.305 e. The van der Waals surface area contributed by atoms with Gasteiger partial charge in [-0.2, -0.15) is 0 Å². The van der Waals surface area contributed by atoms with Crippen LogP contribution in [-0.4, -0.2) is 23.7 Å². The molecule has 54 heavy (non-hydrogen) atoms. The third-order valence-electron chi connectivity index (χ3n) is 11.1. The Morgan fingerprint density at radius 3 is 1.02 bits per heavy atom. The van der Waals surface area contributed by atoms with E-state index < -0.39 is 5.97 Å². The van der Waals surface area contributed by atoms with E-state index in [9.17, 15) is 9.59 Å². The predicted molar refractivity (Wildman–Crippen MR) is 236 cm³/mol. The fraction of sp³-hybridized carbons (Fsp3) is 0.880. The van der Waals surface area contributed by atoms with Crippen molar-refractivity contribution in [2.45, 2.75) is 277 Å². The second-order valence-corrected chi connectivity index (χ2v) is 16.6. The Balaban J connectivity index is 3.17. The molecule has 0 aliphatic carbocycles. The summed E-state index contributed by atoms with van der Waals surface area (Å²) in [6, 6.07) is 0. The number of esters is 1. The fourth-order valence-electron chi connectivity index (χ4n) is 7.49. The van der Waals surface area contributed by atoms with Crippen LogP contribution in [-0.2, 0) is 14.3 Å². The predicted octanol–water partition coefficient (Wildman–Crippen LogP) is 17.1. The number of carboxylic acids is 1. The van der Waals surface area contributed by atoms with Crippen molar-refractivity contribution in [1.29, 1.82) is 0 Å². The number of hydrogen-bond acceptors (Lipinski definition) is 3. The van der Waals surface area contributed by atoms with Gasteiger partial charge in [-0.05, 0) is 51.4 Å². The minimum atomic E-state index is -0.653. The van der Waals surface area contributed by atoms with Gasteiger partial charge in [-0.15, -0.1) is 0 Å². The minimum absolute atomic E-state index is 0.00729. The van der Waals surface area contributed by atoms with Crippen LogP contribution in [0, 0.1) is 0 Å². The van der Waals surface area contributed by atoms with E-state index in [0.717, 1.165) is 38.5 Å². The summed E-state index contributed by atoms with van der Waals surface area (Å²) in [5.41, 5.74) is 0. The average Bonchev–Trinajstić information content (AvgIpc) is 3.16. The van der Waals surface area contributed by atoms with E-state index in [0.29, 0.717) is 19.4 Å². The molecule has 0 atom stereocenters. The van der Waals surface area contributed by atoms with Crippen LogP contribution in [0.1, 0.15) is 277 Å². The summed E-state index contributed by atoms with van der Waals surface area (Å²) < 4.78 is 5.47. The highest BCUT2D eigenvalue weighted by molar-refractivity contribution is 5.69. The van der Waals surface area contributed by atoms with Gasteiger partial charge in [-0.1, -0.05) is 237 Å². The number of rotatable bonds is 46. The Bertz CT molecular complexity index is 802. The van der Waals surface area contributed by atoms with Gasteiger partial charge >= 0.3 is 11.9 Å². The van der Waals surface area contributed by atoms with Crippen LogP contribution >= 0.6 is 0 Å². The Morgan fingerprint density at radius 2 is 0.667 bits per heavy atom. The van der Waals surface area contributed by atoms with E-state index in [2.05, 4.69) is 31.2 Å². The zero-order valence-electron chi connectivity index (χ0n) is 36.4. The van der Waals surface area contributed by atoms with Gasteiger partial charge in [0.15, 0.2) is 0 Å². The molecule has 0 aliphatic heterocycles. The zero-order valence-corrected chi connectivity index (χ0v) is 36.4. The number of hydrogen-bond donors (Lipinski definition) is 1. The number of ether oxygens (including phenoxy) is 1. The standard InChI is InChI=1S/C50H94O4/c1-2-3-4-5-6-7-8-9-25-29-32-35-38-41-44-47-50(53)54-48-45-42-39-36-33-30-27-24-22-20-18-16-14-12-10-11-13-15-17-19-21-23-26-28-31-34-37-40-43-46-49(51)52/h6-7,9,25H,2-5,8,10-24,26-48H2,1H3,(H,51,52)/b7-6-,25-9-. The lowest BCUT2D eigenvalue weighted by Gasteiger charge is -2.06. The SMILES string of the molecule is CCCCC/C=C\C/C=C\CCCCCCCC(=O)OCCCCCCCCCCCCCCCCCCCCCCCCCCCCCCCC(=O)O. The Kier molecular flexibility index (Phi) is 46.2. The summed E-state index contributed by atoms with van der Waals surface area (Å²) in [5, 5.41) is 8.66.